The molecule has 0 spiro atoms. The Kier molecular flexibility index (Phi) is 2.49. The second-order valence-corrected chi connectivity index (χ2v) is 4.90. The normalized spacial score (nSPS) is 21.2. The Morgan fingerprint density at radius 3 is 2.65 bits per heavy atom. The summed E-state index contributed by atoms with van der Waals surface area (Å²) >= 11 is 0. The highest BCUT2D eigenvalue weighted by Gasteiger charge is 2.47. The molecule has 3 heteroatoms. The van der Waals surface area contributed by atoms with E-state index in [9.17, 15) is 4.79 Å². The molecule has 1 aromatic rings. The predicted octanol–water partition coefficient (Wildman–Crippen LogP) is 2.94. The van der Waals surface area contributed by atoms with Crippen molar-refractivity contribution in [3.63, 3.8) is 0 Å². The summed E-state index contributed by atoms with van der Waals surface area (Å²) < 4.78 is 5.96. The molecular weight excluding hydrogens is 214 g/mol. The molecule has 0 aromatic heterocycles. The van der Waals surface area contributed by atoms with Gasteiger partial charge in [0, 0.05) is 5.56 Å². The minimum absolute atomic E-state index is 0.331. The maximum Gasteiger partial charge on any atom is 0.235 e. The first-order valence-corrected chi connectivity index (χ1v) is 6.19. The van der Waals surface area contributed by atoms with Crippen molar-refractivity contribution in [2.75, 3.05) is 0 Å². The highest BCUT2D eigenvalue weighted by molar-refractivity contribution is 5.47. The molecule has 0 saturated heterocycles. The van der Waals surface area contributed by atoms with Crippen LogP contribution in [0, 0.1) is 0 Å². The molecule has 0 amide bonds. The van der Waals surface area contributed by atoms with Crippen molar-refractivity contribution in [1.82, 2.24) is 0 Å². The van der Waals surface area contributed by atoms with Gasteiger partial charge in [-0.25, -0.2) is 4.79 Å². The van der Waals surface area contributed by atoms with Crippen molar-refractivity contribution in [1.29, 1.82) is 0 Å². The Labute approximate surface area is 101 Å². The summed E-state index contributed by atoms with van der Waals surface area (Å²) in [6, 6.07) is 7.94. The zero-order valence-electron chi connectivity index (χ0n) is 9.69. The van der Waals surface area contributed by atoms with Crippen LogP contribution in [0.3, 0.4) is 0 Å². The summed E-state index contributed by atoms with van der Waals surface area (Å²) in [4.78, 5) is 14.5. The third kappa shape index (κ3) is 1.87. The van der Waals surface area contributed by atoms with E-state index < -0.39 is 0 Å². The number of benzene rings is 1. The molecule has 0 aliphatic heterocycles. The summed E-state index contributed by atoms with van der Waals surface area (Å²) in [6.07, 6.45) is 7.43. The quantitative estimate of drug-likeness (QED) is 0.588. The second-order valence-electron chi connectivity index (χ2n) is 4.90. The zero-order chi connectivity index (χ0) is 11.7. The summed E-state index contributed by atoms with van der Waals surface area (Å²) in [5.41, 5.74) is 0.720. The maximum atomic E-state index is 10.5. The van der Waals surface area contributed by atoms with Gasteiger partial charge < -0.3 is 4.74 Å². The van der Waals surface area contributed by atoms with Crippen LogP contribution in [0.15, 0.2) is 29.3 Å². The Hall–Kier alpha value is -1.60. The standard InChI is InChI=1S/C14H15NO2/c16-10-15-14(8-9-14)12-6-1-2-7-13(12)17-11-4-3-5-11/h1-2,6-7,11H,3-5,8-9H2. The topological polar surface area (TPSA) is 38.7 Å². The molecule has 3 nitrogen and oxygen atoms in total. The molecule has 3 rings (SSSR count). The summed E-state index contributed by atoms with van der Waals surface area (Å²) in [5.74, 6) is 0.897. The molecule has 17 heavy (non-hydrogen) atoms. The molecule has 2 aliphatic rings. The van der Waals surface area contributed by atoms with Gasteiger partial charge in [-0.15, -0.1) is 0 Å². The molecule has 1 aromatic carbocycles. The van der Waals surface area contributed by atoms with Crippen molar-refractivity contribution in [2.24, 2.45) is 4.99 Å². The molecule has 0 heterocycles. The van der Waals surface area contributed by atoms with Gasteiger partial charge in [-0.05, 0) is 38.2 Å². The largest absolute Gasteiger partial charge is 0.490 e. The number of para-hydroxylation sites is 1. The van der Waals surface area contributed by atoms with Crippen LogP contribution in [0.2, 0.25) is 0 Å². The number of isocyanates is 1. The van der Waals surface area contributed by atoms with Crippen LogP contribution in [0.4, 0.5) is 0 Å². The lowest BCUT2D eigenvalue weighted by Crippen LogP contribution is -2.25. The zero-order valence-corrected chi connectivity index (χ0v) is 9.69. The van der Waals surface area contributed by atoms with Crippen LogP contribution >= 0.6 is 0 Å². The third-order valence-corrected chi connectivity index (χ3v) is 3.72. The van der Waals surface area contributed by atoms with E-state index >= 15 is 0 Å². The maximum absolute atomic E-state index is 10.5. The average molecular weight is 229 g/mol. The molecular formula is C14H15NO2. The van der Waals surface area contributed by atoms with E-state index in [2.05, 4.69) is 4.99 Å². The van der Waals surface area contributed by atoms with Gasteiger partial charge in [0.1, 0.15) is 11.3 Å². The van der Waals surface area contributed by atoms with Crippen molar-refractivity contribution in [2.45, 2.75) is 43.7 Å². The molecule has 0 N–H and O–H groups in total. The second kappa shape index (κ2) is 4.01. The smallest absolute Gasteiger partial charge is 0.235 e. The van der Waals surface area contributed by atoms with Gasteiger partial charge in [-0.1, -0.05) is 18.2 Å². The minimum atomic E-state index is -0.331. The van der Waals surface area contributed by atoms with E-state index in [0.717, 1.165) is 37.0 Å². The SMILES string of the molecule is O=C=NC1(c2ccccc2OC2CCC2)CC1. The summed E-state index contributed by atoms with van der Waals surface area (Å²) in [7, 11) is 0. The highest BCUT2D eigenvalue weighted by Crippen LogP contribution is 2.52. The fourth-order valence-corrected chi connectivity index (χ4v) is 2.27. The van der Waals surface area contributed by atoms with E-state index in [1.807, 2.05) is 24.3 Å². The van der Waals surface area contributed by atoms with Crippen LogP contribution < -0.4 is 4.74 Å². The van der Waals surface area contributed by atoms with E-state index in [0.29, 0.717) is 6.10 Å². The Morgan fingerprint density at radius 2 is 2.06 bits per heavy atom. The van der Waals surface area contributed by atoms with Crippen molar-refractivity contribution in [3.8, 4) is 5.75 Å². The van der Waals surface area contributed by atoms with E-state index in [4.69, 9.17) is 4.74 Å². The number of hydrogen-bond donors (Lipinski definition) is 0. The van der Waals surface area contributed by atoms with Crippen LogP contribution in [0.5, 0.6) is 5.75 Å². The first kappa shape index (κ1) is 10.5. The Morgan fingerprint density at radius 1 is 1.29 bits per heavy atom. The van der Waals surface area contributed by atoms with Gasteiger partial charge in [-0.2, -0.15) is 4.99 Å². The number of rotatable bonds is 4. The van der Waals surface area contributed by atoms with Gasteiger partial charge in [-0.3, -0.25) is 0 Å². The van der Waals surface area contributed by atoms with Gasteiger partial charge in [0.2, 0.25) is 6.08 Å². The molecule has 0 atom stereocenters. The number of ether oxygens (including phenoxy) is 1. The Bertz CT molecular complexity index is 469. The fraction of sp³-hybridized carbons (Fsp3) is 0.500. The Balaban J connectivity index is 1.90. The summed E-state index contributed by atoms with van der Waals surface area (Å²) in [6.45, 7) is 0. The summed E-state index contributed by atoms with van der Waals surface area (Å²) in [5, 5.41) is 0. The van der Waals surface area contributed by atoms with Gasteiger partial charge >= 0.3 is 0 Å². The lowest BCUT2D eigenvalue weighted by molar-refractivity contribution is 0.118. The van der Waals surface area contributed by atoms with Crippen molar-refractivity contribution < 1.29 is 9.53 Å². The van der Waals surface area contributed by atoms with E-state index in [1.54, 1.807) is 6.08 Å². The number of hydrogen-bond acceptors (Lipinski definition) is 3. The van der Waals surface area contributed by atoms with Crippen LogP contribution in [-0.2, 0) is 10.3 Å². The van der Waals surface area contributed by atoms with E-state index in [-0.39, 0.29) is 5.54 Å². The highest BCUT2D eigenvalue weighted by atomic mass is 16.5. The lowest BCUT2D eigenvalue weighted by Gasteiger charge is -2.28. The molecule has 0 bridgehead atoms. The predicted molar refractivity (Wildman–Crippen MR) is 63.7 cm³/mol. The number of carbonyl (C=O) groups excluding carboxylic acids is 1. The molecule has 2 saturated carbocycles. The molecule has 0 radical (unpaired) electrons. The van der Waals surface area contributed by atoms with Crippen LogP contribution in [0.1, 0.15) is 37.7 Å². The van der Waals surface area contributed by atoms with E-state index in [1.165, 1.54) is 6.42 Å². The van der Waals surface area contributed by atoms with Crippen LogP contribution in [0.25, 0.3) is 0 Å². The first-order chi connectivity index (χ1) is 8.34. The van der Waals surface area contributed by atoms with Crippen molar-refractivity contribution in [3.05, 3.63) is 29.8 Å². The average Bonchev–Trinajstić information content (AvgIpc) is 3.06. The van der Waals surface area contributed by atoms with Gasteiger partial charge in [0.15, 0.2) is 0 Å². The fourth-order valence-electron chi connectivity index (χ4n) is 2.27. The van der Waals surface area contributed by atoms with Gasteiger partial charge in [0.05, 0.1) is 6.10 Å². The van der Waals surface area contributed by atoms with Crippen molar-refractivity contribution >= 4 is 6.08 Å². The number of aliphatic imine (C=N–C) groups is 1. The minimum Gasteiger partial charge on any atom is -0.490 e. The lowest BCUT2D eigenvalue weighted by atomic mass is 9.95. The number of nitrogens with zero attached hydrogens (tertiary/aromatic N) is 1. The third-order valence-electron chi connectivity index (χ3n) is 3.72. The van der Waals surface area contributed by atoms with Crippen LogP contribution in [-0.4, -0.2) is 12.2 Å². The molecule has 2 aliphatic carbocycles. The first-order valence-electron chi connectivity index (χ1n) is 6.19. The molecule has 88 valence electrons. The van der Waals surface area contributed by atoms with Gasteiger partial charge in [0.25, 0.3) is 0 Å². The monoisotopic (exact) mass is 229 g/mol. The molecule has 2 fully saturated rings. The molecule has 0 unspecified atom stereocenters.